The van der Waals surface area contributed by atoms with Gasteiger partial charge in [0.15, 0.2) is 0 Å². The molecule has 0 saturated heterocycles. The third-order valence-electron chi connectivity index (χ3n) is 2.42. The van der Waals surface area contributed by atoms with E-state index in [-0.39, 0.29) is 22.6 Å². The lowest BCUT2D eigenvalue weighted by Gasteiger charge is -2.12. The number of benzene rings is 1. The Hall–Kier alpha value is -1.26. The van der Waals surface area contributed by atoms with E-state index in [0.29, 0.717) is 18.7 Å². The van der Waals surface area contributed by atoms with Crippen LogP contribution in [0.3, 0.4) is 0 Å². The van der Waals surface area contributed by atoms with Crippen LogP contribution < -0.4 is 5.32 Å². The van der Waals surface area contributed by atoms with Gasteiger partial charge in [0.1, 0.15) is 5.75 Å². The van der Waals surface area contributed by atoms with E-state index in [9.17, 15) is 9.90 Å². The van der Waals surface area contributed by atoms with Crippen LogP contribution in [0.4, 0.5) is 5.69 Å². The summed E-state index contributed by atoms with van der Waals surface area (Å²) < 4.78 is 4.91. The number of aromatic hydroxyl groups is 1. The van der Waals surface area contributed by atoms with Gasteiger partial charge in [-0.25, -0.2) is 0 Å². The Morgan fingerprint density at radius 2 is 2.29 bits per heavy atom. The van der Waals surface area contributed by atoms with Crippen molar-refractivity contribution >= 4 is 23.2 Å². The quantitative estimate of drug-likeness (QED) is 0.798. The second-order valence-corrected chi connectivity index (χ2v) is 4.25. The van der Waals surface area contributed by atoms with Gasteiger partial charge in [-0.05, 0) is 24.6 Å². The minimum absolute atomic E-state index is 0.00269. The fraction of sp³-hybridized carbons (Fsp3) is 0.417. The summed E-state index contributed by atoms with van der Waals surface area (Å²) in [6.45, 7) is 2.38. The van der Waals surface area contributed by atoms with Gasteiger partial charge in [0, 0.05) is 25.3 Å². The topological polar surface area (TPSA) is 58.6 Å². The van der Waals surface area contributed by atoms with Gasteiger partial charge in [-0.2, -0.15) is 0 Å². The number of carbonyl (C=O) groups is 1. The summed E-state index contributed by atoms with van der Waals surface area (Å²) in [6.07, 6.45) is 0.661. The second-order valence-electron chi connectivity index (χ2n) is 3.84. The SMILES string of the molecule is COCC[C@@H](C)C(=O)Nc1ccc(O)c(Cl)c1. The van der Waals surface area contributed by atoms with E-state index in [1.807, 2.05) is 6.92 Å². The highest BCUT2D eigenvalue weighted by Crippen LogP contribution is 2.26. The van der Waals surface area contributed by atoms with Crippen LogP contribution in [0.1, 0.15) is 13.3 Å². The molecule has 94 valence electrons. The van der Waals surface area contributed by atoms with Gasteiger partial charge < -0.3 is 15.2 Å². The van der Waals surface area contributed by atoms with Gasteiger partial charge in [0.25, 0.3) is 0 Å². The molecule has 1 atom stereocenters. The van der Waals surface area contributed by atoms with E-state index >= 15 is 0 Å². The first-order valence-corrected chi connectivity index (χ1v) is 5.70. The molecule has 0 fully saturated rings. The van der Waals surface area contributed by atoms with Crippen LogP contribution in [0.5, 0.6) is 5.75 Å². The largest absolute Gasteiger partial charge is 0.506 e. The molecular weight excluding hydrogens is 242 g/mol. The first-order valence-electron chi connectivity index (χ1n) is 5.33. The smallest absolute Gasteiger partial charge is 0.227 e. The Balaban J connectivity index is 2.58. The molecular formula is C12H16ClNO3. The number of halogens is 1. The van der Waals surface area contributed by atoms with Crippen LogP contribution >= 0.6 is 11.6 Å². The number of carbonyl (C=O) groups excluding carboxylic acids is 1. The number of rotatable bonds is 5. The van der Waals surface area contributed by atoms with Crippen LogP contribution in [0.2, 0.25) is 5.02 Å². The van der Waals surface area contributed by atoms with Crippen LogP contribution in [-0.2, 0) is 9.53 Å². The predicted molar refractivity (Wildman–Crippen MR) is 67.4 cm³/mol. The Labute approximate surface area is 106 Å². The minimum atomic E-state index is -0.137. The fourth-order valence-electron chi connectivity index (χ4n) is 1.28. The van der Waals surface area contributed by atoms with E-state index in [1.54, 1.807) is 13.2 Å². The van der Waals surface area contributed by atoms with Crippen LogP contribution in [-0.4, -0.2) is 24.7 Å². The van der Waals surface area contributed by atoms with Crippen molar-refractivity contribution in [2.75, 3.05) is 19.0 Å². The summed E-state index contributed by atoms with van der Waals surface area (Å²) in [5.41, 5.74) is 0.571. The van der Waals surface area contributed by atoms with E-state index in [0.717, 1.165) is 0 Å². The van der Waals surface area contributed by atoms with Gasteiger partial charge in [-0.15, -0.1) is 0 Å². The Morgan fingerprint density at radius 3 is 2.88 bits per heavy atom. The molecule has 0 spiro atoms. The molecule has 4 nitrogen and oxygen atoms in total. The number of anilines is 1. The molecule has 17 heavy (non-hydrogen) atoms. The highest BCUT2D eigenvalue weighted by atomic mass is 35.5. The van der Waals surface area contributed by atoms with E-state index < -0.39 is 0 Å². The molecule has 0 unspecified atom stereocenters. The summed E-state index contributed by atoms with van der Waals surface area (Å²) in [5, 5.41) is 12.2. The van der Waals surface area contributed by atoms with Gasteiger partial charge in [-0.3, -0.25) is 4.79 Å². The van der Waals surface area contributed by atoms with E-state index in [4.69, 9.17) is 16.3 Å². The van der Waals surface area contributed by atoms with Crippen LogP contribution in [0.15, 0.2) is 18.2 Å². The predicted octanol–water partition coefficient (Wildman–Crippen LogP) is 2.66. The van der Waals surface area contributed by atoms with Gasteiger partial charge in [-0.1, -0.05) is 18.5 Å². The highest BCUT2D eigenvalue weighted by molar-refractivity contribution is 6.32. The number of hydrogen-bond acceptors (Lipinski definition) is 3. The Morgan fingerprint density at radius 1 is 1.59 bits per heavy atom. The number of ether oxygens (including phenoxy) is 1. The molecule has 0 saturated carbocycles. The zero-order chi connectivity index (χ0) is 12.8. The number of nitrogens with one attached hydrogen (secondary N) is 1. The first kappa shape index (κ1) is 13.8. The summed E-state index contributed by atoms with van der Waals surface area (Å²) in [6, 6.07) is 4.55. The van der Waals surface area contributed by atoms with Gasteiger partial charge in [0.05, 0.1) is 5.02 Å². The van der Waals surface area contributed by atoms with Crippen molar-refractivity contribution in [3.63, 3.8) is 0 Å². The summed E-state index contributed by atoms with van der Waals surface area (Å²) >= 11 is 5.74. The third-order valence-corrected chi connectivity index (χ3v) is 2.72. The monoisotopic (exact) mass is 257 g/mol. The summed E-state index contributed by atoms with van der Waals surface area (Å²) in [4.78, 5) is 11.7. The fourth-order valence-corrected chi connectivity index (χ4v) is 1.46. The van der Waals surface area contributed by atoms with E-state index in [1.165, 1.54) is 12.1 Å². The first-order chi connectivity index (χ1) is 8.04. The maximum atomic E-state index is 11.7. The van der Waals surface area contributed by atoms with Gasteiger partial charge >= 0.3 is 0 Å². The van der Waals surface area contributed by atoms with Crippen molar-refractivity contribution in [3.8, 4) is 5.75 Å². The normalized spacial score (nSPS) is 12.2. The third kappa shape index (κ3) is 4.24. The number of phenols is 1. The standard InChI is InChI=1S/C12H16ClNO3/c1-8(5-6-17-2)12(16)14-9-3-4-11(15)10(13)7-9/h3-4,7-8,15H,5-6H2,1-2H3,(H,14,16)/t8-/m1/s1. The molecule has 0 aliphatic heterocycles. The van der Waals surface area contributed by atoms with E-state index in [2.05, 4.69) is 5.32 Å². The van der Waals surface area contributed by atoms with Crippen molar-refractivity contribution < 1.29 is 14.6 Å². The van der Waals surface area contributed by atoms with Crippen molar-refractivity contribution in [1.29, 1.82) is 0 Å². The molecule has 1 aromatic rings. The summed E-state index contributed by atoms with van der Waals surface area (Å²) in [7, 11) is 1.60. The summed E-state index contributed by atoms with van der Waals surface area (Å²) in [5.74, 6) is -0.233. The van der Waals surface area contributed by atoms with Crippen molar-refractivity contribution in [3.05, 3.63) is 23.2 Å². The Kier molecular flexibility index (Phi) is 5.25. The van der Waals surface area contributed by atoms with Crippen LogP contribution in [0.25, 0.3) is 0 Å². The Bertz CT molecular complexity index is 395. The minimum Gasteiger partial charge on any atom is -0.506 e. The molecule has 0 bridgehead atoms. The molecule has 2 N–H and O–H groups in total. The maximum Gasteiger partial charge on any atom is 0.227 e. The molecule has 1 rings (SSSR count). The molecule has 0 aliphatic carbocycles. The average molecular weight is 258 g/mol. The molecule has 0 radical (unpaired) electrons. The van der Waals surface area contributed by atoms with Crippen LogP contribution in [0, 0.1) is 5.92 Å². The zero-order valence-corrected chi connectivity index (χ0v) is 10.6. The van der Waals surface area contributed by atoms with Gasteiger partial charge in [0.2, 0.25) is 5.91 Å². The maximum absolute atomic E-state index is 11.7. The number of methoxy groups -OCH3 is 1. The van der Waals surface area contributed by atoms with Crippen molar-refractivity contribution in [2.45, 2.75) is 13.3 Å². The zero-order valence-electron chi connectivity index (χ0n) is 9.87. The number of amides is 1. The number of phenolic OH excluding ortho intramolecular Hbond substituents is 1. The molecule has 0 aliphatic rings. The molecule has 5 heteroatoms. The molecule has 1 amide bonds. The second kappa shape index (κ2) is 6.47. The average Bonchev–Trinajstić information content (AvgIpc) is 2.30. The highest BCUT2D eigenvalue weighted by Gasteiger charge is 2.13. The van der Waals surface area contributed by atoms with Crippen molar-refractivity contribution in [1.82, 2.24) is 0 Å². The lowest BCUT2D eigenvalue weighted by atomic mass is 10.1. The number of hydrogen-bond donors (Lipinski definition) is 2. The molecule has 0 heterocycles. The lowest BCUT2D eigenvalue weighted by Crippen LogP contribution is -2.21. The molecule has 1 aromatic carbocycles. The molecule has 0 aromatic heterocycles. The van der Waals surface area contributed by atoms with Crippen molar-refractivity contribution in [2.24, 2.45) is 5.92 Å². The lowest BCUT2D eigenvalue weighted by molar-refractivity contribution is -0.119.